The molecule has 0 saturated heterocycles. The number of amides is 1. The van der Waals surface area contributed by atoms with E-state index in [0.717, 1.165) is 21.3 Å². The summed E-state index contributed by atoms with van der Waals surface area (Å²) in [5.41, 5.74) is 2.55. The van der Waals surface area contributed by atoms with Crippen LogP contribution in [-0.4, -0.2) is 34.8 Å². The van der Waals surface area contributed by atoms with E-state index in [1.54, 1.807) is 7.11 Å². The third-order valence-corrected chi connectivity index (χ3v) is 4.92. The number of carboxylic acids is 1. The molecule has 1 N–H and O–H groups in total. The molecule has 7 heteroatoms. The second-order valence-corrected chi connectivity index (χ2v) is 7.06. The molecule has 0 saturated carbocycles. The number of halogens is 1. The number of methoxy groups -OCH3 is 1. The van der Waals surface area contributed by atoms with Crippen molar-refractivity contribution < 1.29 is 19.4 Å². The van der Waals surface area contributed by atoms with Crippen LogP contribution in [0.15, 0.2) is 58.1 Å². The van der Waals surface area contributed by atoms with Crippen molar-refractivity contribution in [2.45, 2.75) is 25.3 Å². The van der Waals surface area contributed by atoms with E-state index in [9.17, 15) is 9.59 Å². The van der Waals surface area contributed by atoms with E-state index in [-0.39, 0.29) is 24.8 Å². The van der Waals surface area contributed by atoms with Gasteiger partial charge in [-0.2, -0.15) is 5.10 Å². The molecule has 140 valence electrons. The Balaban J connectivity index is 1.94. The monoisotopic (exact) mass is 430 g/mol. The molecule has 0 spiro atoms. The highest BCUT2D eigenvalue weighted by Crippen LogP contribution is 2.37. The second-order valence-electron chi connectivity index (χ2n) is 6.15. The Morgan fingerprint density at radius 3 is 2.56 bits per heavy atom. The molecule has 2 aromatic rings. The predicted molar refractivity (Wildman–Crippen MR) is 105 cm³/mol. The van der Waals surface area contributed by atoms with Gasteiger partial charge in [0.05, 0.1) is 25.3 Å². The van der Waals surface area contributed by atoms with Crippen molar-refractivity contribution in [3.8, 4) is 5.75 Å². The molecule has 0 radical (unpaired) electrons. The number of carboxylic acid groups (broad SMARTS) is 1. The van der Waals surface area contributed by atoms with Gasteiger partial charge in [-0.1, -0.05) is 46.3 Å². The van der Waals surface area contributed by atoms with Crippen LogP contribution in [0.5, 0.6) is 5.75 Å². The Labute approximate surface area is 165 Å². The number of ether oxygens (including phenoxy) is 1. The summed E-state index contributed by atoms with van der Waals surface area (Å²) in [6, 6.07) is 14.9. The summed E-state index contributed by atoms with van der Waals surface area (Å²) < 4.78 is 6.41. The molecule has 6 nitrogen and oxygen atoms in total. The lowest BCUT2D eigenvalue weighted by Gasteiger charge is -2.23. The highest BCUT2D eigenvalue weighted by Gasteiger charge is 2.34. The number of carbonyl (C=O) groups excluding carboxylic acids is 1. The molecule has 0 aromatic heterocycles. The van der Waals surface area contributed by atoms with Gasteiger partial charge >= 0.3 is 5.97 Å². The standard InChI is InChI=1S/C20H19BrN2O4/c1-27-18-5-3-2-4-15(18)17-12-16(13-6-8-14(21)9-7-13)22-23(17)19(24)10-11-20(25)26/h2-9,17H,10-12H2,1H3,(H,25,26)/t17-/m1/s1. The van der Waals surface area contributed by atoms with Gasteiger partial charge in [0.25, 0.3) is 0 Å². The van der Waals surface area contributed by atoms with Crippen molar-refractivity contribution in [1.82, 2.24) is 5.01 Å². The first-order chi connectivity index (χ1) is 13.0. The molecule has 1 amide bonds. The molecular formula is C20H19BrN2O4. The molecular weight excluding hydrogens is 412 g/mol. The highest BCUT2D eigenvalue weighted by molar-refractivity contribution is 9.10. The van der Waals surface area contributed by atoms with Gasteiger partial charge in [-0.3, -0.25) is 9.59 Å². The fourth-order valence-corrected chi connectivity index (χ4v) is 3.33. The Bertz CT molecular complexity index is 880. The summed E-state index contributed by atoms with van der Waals surface area (Å²) in [5.74, 6) is -0.653. The predicted octanol–water partition coefficient (Wildman–Crippen LogP) is 4.00. The molecule has 0 unspecified atom stereocenters. The largest absolute Gasteiger partial charge is 0.496 e. The number of hydrogen-bond acceptors (Lipinski definition) is 4. The Morgan fingerprint density at radius 1 is 1.19 bits per heavy atom. The average molecular weight is 431 g/mol. The zero-order chi connectivity index (χ0) is 19.4. The van der Waals surface area contributed by atoms with Crippen LogP contribution in [0.4, 0.5) is 0 Å². The van der Waals surface area contributed by atoms with Crippen LogP contribution in [0.2, 0.25) is 0 Å². The summed E-state index contributed by atoms with van der Waals surface area (Å²) in [5, 5.41) is 14.8. The fourth-order valence-electron chi connectivity index (χ4n) is 3.07. The van der Waals surface area contributed by atoms with E-state index < -0.39 is 5.97 Å². The average Bonchev–Trinajstić information content (AvgIpc) is 3.11. The Morgan fingerprint density at radius 2 is 1.89 bits per heavy atom. The summed E-state index contributed by atoms with van der Waals surface area (Å²) in [7, 11) is 1.58. The minimum Gasteiger partial charge on any atom is -0.496 e. The molecule has 1 aliphatic heterocycles. The van der Waals surface area contributed by atoms with Gasteiger partial charge in [0, 0.05) is 22.9 Å². The number of benzene rings is 2. The normalized spacial score (nSPS) is 16.1. The summed E-state index contributed by atoms with van der Waals surface area (Å²) in [6.45, 7) is 0. The van der Waals surface area contributed by atoms with Gasteiger partial charge in [0.2, 0.25) is 5.91 Å². The van der Waals surface area contributed by atoms with Crippen LogP contribution in [0.25, 0.3) is 0 Å². The molecule has 0 aliphatic carbocycles. The van der Waals surface area contributed by atoms with Crippen LogP contribution in [0.3, 0.4) is 0 Å². The van der Waals surface area contributed by atoms with E-state index >= 15 is 0 Å². The van der Waals surface area contributed by atoms with Crippen molar-refractivity contribution in [2.75, 3.05) is 7.11 Å². The lowest BCUT2D eigenvalue weighted by molar-refractivity contribution is -0.141. The first-order valence-electron chi connectivity index (χ1n) is 8.49. The first-order valence-corrected chi connectivity index (χ1v) is 9.29. The topological polar surface area (TPSA) is 79.2 Å². The maximum Gasteiger partial charge on any atom is 0.303 e. The van der Waals surface area contributed by atoms with Crippen LogP contribution in [0.1, 0.15) is 36.4 Å². The molecule has 1 aliphatic rings. The number of carbonyl (C=O) groups is 2. The van der Waals surface area contributed by atoms with Crippen molar-refractivity contribution >= 4 is 33.5 Å². The van der Waals surface area contributed by atoms with Crippen LogP contribution in [0, 0.1) is 0 Å². The Hall–Kier alpha value is -2.67. The van der Waals surface area contributed by atoms with Gasteiger partial charge in [0.15, 0.2) is 0 Å². The quantitative estimate of drug-likeness (QED) is 0.750. The third-order valence-electron chi connectivity index (χ3n) is 4.39. The van der Waals surface area contributed by atoms with E-state index in [2.05, 4.69) is 21.0 Å². The van der Waals surface area contributed by atoms with E-state index in [1.807, 2.05) is 48.5 Å². The molecule has 0 bridgehead atoms. The van der Waals surface area contributed by atoms with Crippen molar-refractivity contribution in [2.24, 2.45) is 5.10 Å². The second kappa shape index (κ2) is 8.35. The van der Waals surface area contributed by atoms with Crippen molar-refractivity contribution in [3.63, 3.8) is 0 Å². The third kappa shape index (κ3) is 4.36. The molecule has 1 heterocycles. The van der Waals surface area contributed by atoms with E-state index in [0.29, 0.717) is 12.2 Å². The number of para-hydroxylation sites is 1. The van der Waals surface area contributed by atoms with Gasteiger partial charge in [-0.05, 0) is 23.8 Å². The maximum atomic E-state index is 12.7. The van der Waals surface area contributed by atoms with E-state index in [4.69, 9.17) is 9.84 Å². The number of hydrazone groups is 1. The molecule has 1 atom stereocenters. The zero-order valence-corrected chi connectivity index (χ0v) is 16.3. The maximum absolute atomic E-state index is 12.7. The Kier molecular flexibility index (Phi) is 5.91. The number of rotatable bonds is 6. The van der Waals surface area contributed by atoms with Crippen molar-refractivity contribution in [1.29, 1.82) is 0 Å². The van der Waals surface area contributed by atoms with Gasteiger partial charge in [0.1, 0.15) is 5.75 Å². The summed E-state index contributed by atoms with van der Waals surface area (Å²) in [6.07, 6.45) is 0.204. The van der Waals surface area contributed by atoms with E-state index in [1.165, 1.54) is 5.01 Å². The summed E-state index contributed by atoms with van der Waals surface area (Å²) >= 11 is 3.41. The first kappa shape index (κ1) is 19.1. The number of hydrogen-bond donors (Lipinski definition) is 1. The van der Waals surface area contributed by atoms with Gasteiger partial charge in [-0.25, -0.2) is 5.01 Å². The van der Waals surface area contributed by atoms with Crippen LogP contribution in [-0.2, 0) is 9.59 Å². The van der Waals surface area contributed by atoms with Crippen LogP contribution >= 0.6 is 15.9 Å². The zero-order valence-electron chi connectivity index (χ0n) is 14.8. The lowest BCUT2D eigenvalue weighted by Crippen LogP contribution is -2.27. The van der Waals surface area contributed by atoms with Crippen molar-refractivity contribution in [3.05, 3.63) is 64.1 Å². The minimum absolute atomic E-state index is 0.0991. The molecule has 3 rings (SSSR count). The number of aliphatic carboxylic acids is 1. The molecule has 0 fully saturated rings. The minimum atomic E-state index is -1.01. The molecule has 27 heavy (non-hydrogen) atoms. The SMILES string of the molecule is COc1ccccc1[C@H]1CC(c2ccc(Br)cc2)=NN1C(=O)CCC(=O)O. The highest BCUT2D eigenvalue weighted by atomic mass is 79.9. The van der Waals surface area contributed by atoms with Gasteiger partial charge in [-0.15, -0.1) is 0 Å². The molecule has 2 aromatic carbocycles. The lowest BCUT2D eigenvalue weighted by atomic mass is 9.97. The smallest absolute Gasteiger partial charge is 0.303 e. The van der Waals surface area contributed by atoms with Crippen LogP contribution < -0.4 is 4.74 Å². The van der Waals surface area contributed by atoms with Gasteiger partial charge < -0.3 is 9.84 Å². The fraction of sp³-hybridized carbons (Fsp3) is 0.250. The summed E-state index contributed by atoms with van der Waals surface area (Å²) in [4.78, 5) is 23.5. The number of nitrogens with zero attached hydrogens (tertiary/aromatic N) is 2.